The van der Waals surface area contributed by atoms with E-state index in [0.717, 1.165) is 12.5 Å². The van der Waals surface area contributed by atoms with Crippen molar-refractivity contribution in [3.8, 4) is 0 Å². The average molecular weight is 183 g/mol. The van der Waals surface area contributed by atoms with Gasteiger partial charge in [-0.2, -0.15) is 0 Å². The number of likely N-dealkylation sites (tertiary alicyclic amines) is 1. The zero-order valence-corrected chi connectivity index (χ0v) is 8.41. The lowest BCUT2D eigenvalue weighted by Gasteiger charge is -2.19. The molecule has 2 fully saturated rings. The molecule has 2 heteroatoms. The summed E-state index contributed by atoms with van der Waals surface area (Å²) in [6.07, 6.45) is 6.99. The molecule has 2 rings (SSSR count). The van der Waals surface area contributed by atoms with Gasteiger partial charge in [0.15, 0.2) is 0 Å². The molecule has 2 nitrogen and oxygen atoms in total. The minimum Gasteiger partial charge on any atom is -0.396 e. The lowest BCUT2D eigenvalue weighted by Crippen LogP contribution is -2.26. The van der Waals surface area contributed by atoms with Crippen LogP contribution >= 0.6 is 0 Å². The molecule has 13 heavy (non-hydrogen) atoms. The normalized spacial score (nSPS) is 31.6. The summed E-state index contributed by atoms with van der Waals surface area (Å²) in [6, 6.07) is 0. The summed E-state index contributed by atoms with van der Waals surface area (Å²) in [5.41, 5.74) is 0. The smallest absolute Gasteiger partial charge is 0.0471 e. The summed E-state index contributed by atoms with van der Waals surface area (Å²) < 4.78 is 0. The average Bonchev–Trinajstić information content (AvgIpc) is 2.76. The number of aliphatic hydroxyl groups is 1. The molecule has 1 unspecified atom stereocenters. The first-order chi connectivity index (χ1) is 6.38. The van der Waals surface area contributed by atoms with Gasteiger partial charge in [0.1, 0.15) is 0 Å². The van der Waals surface area contributed by atoms with Crippen molar-refractivity contribution in [3.63, 3.8) is 0 Å². The van der Waals surface area contributed by atoms with Crippen molar-refractivity contribution in [1.29, 1.82) is 0 Å². The third-order valence-electron chi connectivity index (χ3n) is 3.62. The number of hydrogen-bond acceptors (Lipinski definition) is 2. The molecule has 0 aromatic heterocycles. The van der Waals surface area contributed by atoms with Crippen LogP contribution in [0, 0.1) is 11.8 Å². The Labute approximate surface area is 80.9 Å². The van der Waals surface area contributed by atoms with E-state index in [9.17, 15) is 0 Å². The van der Waals surface area contributed by atoms with E-state index in [1.54, 1.807) is 0 Å². The zero-order valence-electron chi connectivity index (χ0n) is 8.41. The molecule has 1 saturated carbocycles. The van der Waals surface area contributed by atoms with Crippen LogP contribution in [0.1, 0.15) is 32.1 Å². The van der Waals surface area contributed by atoms with E-state index in [4.69, 9.17) is 5.11 Å². The van der Waals surface area contributed by atoms with Gasteiger partial charge in [0.2, 0.25) is 0 Å². The first kappa shape index (κ1) is 9.47. The highest BCUT2D eigenvalue weighted by molar-refractivity contribution is 4.78. The Balaban J connectivity index is 1.70. The van der Waals surface area contributed by atoms with Gasteiger partial charge < -0.3 is 10.0 Å². The minimum atomic E-state index is 0.390. The molecule has 0 radical (unpaired) electrons. The van der Waals surface area contributed by atoms with Gasteiger partial charge in [0.05, 0.1) is 0 Å². The Kier molecular flexibility index (Phi) is 3.23. The SMILES string of the molecule is OCC1CCN(CC2CCCC2)C1. The van der Waals surface area contributed by atoms with Crippen molar-refractivity contribution in [2.75, 3.05) is 26.2 Å². The second-order valence-corrected chi connectivity index (χ2v) is 4.75. The Morgan fingerprint density at radius 3 is 2.46 bits per heavy atom. The predicted molar refractivity (Wildman–Crippen MR) is 53.6 cm³/mol. The van der Waals surface area contributed by atoms with Crippen molar-refractivity contribution in [2.24, 2.45) is 11.8 Å². The Bertz CT molecular complexity index is 154. The molecule has 0 aromatic carbocycles. The molecule has 0 bridgehead atoms. The molecule has 76 valence electrons. The van der Waals surface area contributed by atoms with Gasteiger partial charge in [-0.1, -0.05) is 12.8 Å². The second-order valence-electron chi connectivity index (χ2n) is 4.75. The minimum absolute atomic E-state index is 0.390. The zero-order chi connectivity index (χ0) is 9.10. The Morgan fingerprint density at radius 2 is 1.85 bits per heavy atom. The molecule has 0 spiro atoms. The van der Waals surface area contributed by atoms with Crippen molar-refractivity contribution in [1.82, 2.24) is 4.90 Å². The number of nitrogens with zero attached hydrogens (tertiary/aromatic N) is 1. The fraction of sp³-hybridized carbons (Fsp3) is 1.00. The van der Waals surface area contributed by atoms with Gasteiger partial charge >= 0.3 is 0 Å². The summed E-state index contributed by atoms with van der Waals surface area (Å²) in [5, 5.41) is 9.02. The standard InChI is InChI=1S/C11H21NO/c13-9-11-5-6-12(8-11)7-10-3-1-2-4-10/h10-11,13H,1-9H2. The lowest BCUT2D eigenvalue weighted by atomic mass is 10.1. The van der Waals surface area contributed by atoms with Gasteiger partial charge in [0.25, 0.3) is 0 Å². The monoisotopic (exact) mass is 183 g/mol. The Hall–Kier alpha value is -0.0800. The van der Waals surface area contributed by atoms with Crippen LogP contribution in [0.25, 0.3) is 0 Å². The lowest BCUT2D eigenvalue weighted by molar-refractivity contribution is 0.213. The van der Waals surface area contributed by atoms with Crippen LogP contribution in [-0.4, -0.2) is 36.2 Å². The first-order valence-electron chi connectivity index (χ1n) is 5.71. The molecular formula is C11H21NO. The fourth-order valence-corrected chi connectivity index (χ4v) is 2.79. The van der Waals surface area contributed by atoms with E-state index in [0.29, 0.717) is 12.5 Å². The molecule has 1 aliphatic carbocycles. The third-order valence-corrected chi connectivity index (χ3v) is 3.62. The molecular weight excluding hydrogens is 162 g/mol. The van der Waals surface area contributed by atoms with Gasteiger partial charge in [-0.05, 0) is 37.6 Å². The second kappa shape index (κ2) is 4.43. The maximum absolute atomic E-state index is 9.02. The largest absolute Gasteiger partial charge is 0.396 e. The maximum atomic E-state index is 9.02. The van der Waals surface area contributed by atoms with Crippen LogP contribution in [-0.2, 0) is 0 Å². The highest BCUT2D eigenvalue weighted by Gasteiger charge is 2.25. The highest BCUT2D eigenvalue weighted by atomic mass is 16.3. The van der Waals surface area contributed by atoms with E-state index in [-0.39, 0.29) is 0 Å². The summed E-state index contributed by atoms with van der Waals surface area (Å²) >= 11 is 0. The number of aliphatic hydroxyl groups excluding tert-OH is 1. The van der Waals surface area contributed by atoms with Crippen LogP contribution < -0.4 is 0 Å². The van der Waals surface area contributed by atoms with Crippen LogP contribution in [0.15, 0.2) is 0 Å². The first-order valence-corrected chi connectivity index (χ1v) is 5.71. The van der Waals surface area contributed by atoms with E-state index in [1.165, 1.54) is 45.2 Å². The summed E-state index contributed by atoms with van der Waals surface area (Å²) in [5.74, 6) is 1.54. The van der Waals surface area contributed by atoms with Crippen LogP contribution in [0.5, 0.6) is 0 Å². The van der Waals surface area contributed by atoms with E-state index >= 15 is 0 Å². The number of hydrogen-bond donors (Lipinski definition) is 1. The van der Waals surface area contributed by atoms with Crippen LogP contribution in [0.3, 0.4) is 0 Å². The highest BCUT2D eigenvalue weighted by Crippen LogP contribution is 2.27. The van der Waals surface area contributed by atoms with E-state index in [1.807, 2.05) is 0 Å². The molecule has 0 amide bonds. The predicted octanol–water partition coefficient (Wildman–Crippen LogP) is 1.49. The van der Waals surface area contributed by atoms with Gasteiger partial charge in [-0.25, -0.2) is 0 Å². The van der Waals surface area contributed by atoms with E-state index in [2.05, 4.69) is 4.90 Å². The molecule has 1 saturated heterocycles. The molecule has 2 aliphatic rings. The summed E-state index contributed by atoms with van der Waals surface area (Å²) in [6.45, 7) is 4.06. The summed E-state index contributed by atoms with van der Waals surface area (Å²) in [7, 11) is 0. The van der Waals surface area contributed by atoms with Crippen LogP contribution in [0.4, 0.5) is 0 Å². The quantitative estimate of drug-likeness (QED) is 0.716. The van der Waals surface area contributed by atoms with Gasteiger partial charge in [-0.3, -0.25) is 0 Å². The van der Waals surface area contributed by atoms with Crippen molar-refractivity contribution >= 4 is 0 Å². The molecule has 1 aliphatic heterocycles. The topological polar surface area (TPSA) is 23.5 Å². The number of rotatable bonds is 3. The van der Waals surface area contributed by atoms with E-state index < -0.39 is 0 Å². The molecule has 0 aromatic rings. The molecule has 1 heterocycles. The molecule has 1 N–H and O–H groups in total. The van der Waals surface area contributed by atoms with Crippen LogP contribution in [0.2, 0.25) is 0 Å². The van der Waals surface area contributed by atoms with Crippen molar-refractivity contribution < 1.29 is 5.11 Å². The molecule has 1 atom stereocenters. The maximum Gasteiger partial charge on any atom is 0.0471 e. The third kappa shape index (κ3) is 2.44. The van der Waals surface area contributed by atoms with Crippen molar-refractivity contribution in [2.45, 2.75) is 32.1 Å². The Morgan fingerprint density at radius 1 is 1.08 bits per heavy atom. The van der Waals surface area contributed by atoms with Gasteiger partial charge in [0, 0.05) is 19.7 Å². The summed E-state index contributed by atoms with van der Waals surface area (Å²) in [4.78, 5) is 2.55. The van der Waals surface area contributed by atoms with Crippen molar-refractivity contribution in [3.05, 3.63) is 0 Å². The van der Waals surface area contributed by atoms with Gasteiger partial charge in [-0.15, -0.1) is 0 Å². The fourth-order valence-electron chi connectivity index (χ4n) is 2.79.